The van der Waals surface area contributed by atoms with Gasteiger partial charge in [-0.3, -0.25) is 9.20 Å². The molecule has 2 aromatic heterocycles. The maximum atomic E-state index is 11.6. The highest BCUT2D eigenvalue weighted by Crippen LogP contribution is 2.19. The molecule has 0 unspecified atom stereocenters. The topological polar surface area (TPSA) is 45.3 Å². The molecule has 0 fully saturated rings. The van der Waals surface area contributed by atoms with Crippen LogP contribution < -0.4 is 5.56 Å². The maximum absolute atomic E-state index is 11.6. The molecule has 4 heteroatoms. The summed E-state index contributed by atoms with van der Waals surface area (Å²) in [5, 5.41) is 10.8. The Kier molecular flexibility index (Phi) is 1.90. The van der Waals surface area contributed by atoms with Crippen LogP contribution in [0.1, 0.15) is 16.8 Å². The average molecular weight is 204 g/mol. The molecule has 3 nitrogen and oxygen atoms in total. The van der Waals surface area contributed by atoms with Crippen LogP contribution in [0, 0.1) is 25.2 Å². The molecular formula is C10H8N2OS. The lowest BCUT2D eigenvalue weighted by Gasteiger charge is -2.00. The van der Waals surface area contributed by atoms with Gasteiger partial charge < -0.3 is 0 Å². The molecule has 0 bridgehead atoms. The van der Waals surface area contributed by atoms with Crippen molar-refractivity contribution in [1.82, 2.24) is 4.40 Å². The van der Waals surface area contributed by atoms with E-state index in [-0.39, 0.29) is 5.56 Å². The molecule has 0 atom stereocenters. The molecule has 0 saturated carbocycles. The van der Waals surface area contributed by atoms with Gasteiger partial charge in [-0.15, -0.1) is 11.3 Å². The third-order valence-corrected chi connectivity index (χ3v) is 3.25. The summed E-state index contributed by atoms with van der Waals surface area (Å²) >= 11 is 1.43. The van der Waals surface area contributed by atoms with Crippen LogP contribution in [-0.4, -0.2) is 4.40 Å². The fourth-order valence-electron chi connectivity index (χ4n) is 1.48. The summed E-state index contributed by atoms with van der Waals surface area (Å²) in [4.78, 5) is 12.4. The summed E-state index contributed by atoms with van der Waals surface area (Å²) < 4.78 is 1.58. The third-order valence-electron chi connectivity index (χ3n) is 2.18. The molecule has 0 aromatic carbocycles. The fourth-order valence-corrected chi connectivity index (χ4v) is 2.53. The van der Waals surface area contributed by atoms with Gasteiger partial charge in [0.15, 0.2) is 0 Å². The van der Waals surface area contributed by atoms with E-state index in [4.69, 9.17) is 5.26 Å². The molecular weight excluding hydrogens is 196 g/mol. The zero-order valence-corrected chi connectivity index (χ0v) is 8.68. The van der Waals surface area contributed by atoms with E-state index in [2.05, 4.69) is 6.07 Å². The number of nitriles is 1. The zero-order chi connectivity index (χ0) is 10.3. The predicted molar refractivity (Wildman–Crippen MR) is 55.7 cm³/mol. The first kappa shape index (κ1) is 8.97. The Labute approximate surface area is 84.8 Å². The minimum Gasteiger partial charge on any atom is -0.270 e. The SMILES string of the molecule is Cc1cc(=O)n2c(C)csc2c1C#N. The van der Waals surface area contributed by atoms with E-state index in [0.717, 1.165) is 16.1 Å². The van der Waals surface area contributed by atoms with E-state index in [9.17, 15) is 4.79 Å². The Morgan fingerprint density at radius 3 is 2.86 bits per heavy atom. The summed E-state index contributed by atoms with van der Waals surface area (Å²) in [7, 11) is 0. The lowest BCUT2D eigenvalue weighted by molar-refractivity contribution is 1.04. The molecule has 0 amide bonds. The normalized spacial score (nSPS) is 10.4. The van der Waals surface area contributed by atoms with Crippen molar-refractivity contribution >= 4 is 16.2 Å². The molecule has 0 aliphatic heterocycles. The standard InChI is InChI=1S/C10H8N2OS/c1-6-3-9(13)12-7(2)5-14-10(12)8(6)4-11/h3,5H,1-2H3. The quantitative estimate of drug-likeness (QED) is 0.657. The molecule has 2 rings (SSSR count). The van der Waals surface area contributed by atoms with Crippen molar-refractivity contribution in [1.29, 1.82) is 5.26 Å². The lowest BCUT2D eigenvalue weighted by Crippen LogP contribution is -2.13. The van der Waals surface area contributed by atoms with E-state index in [0.29, 0.717) is 5.56 Å². The second kappa shape index (κ2) is 2.96. The largest absolute Gasteiger partial charge is 0.270 e. The molecule has 2 heterocycles. The van der Waals surface area contributed by atoms with Gasteiger partial charge >= 0.3 is 0 Å². The van der Waals surface area contributed by atoms with E-state index < -0.39 is 0 Å². The van der Waals surface area contributed by atoms with Crippen LogP contribution in [0.5, 0.6) is 0 Å². The van der Waals surface area contributed by atoms with Crippen molar-refractivity contribution in [3.63, 3.8) is 0 Å². The van der Waals surface area contributed by atoms with Crippen LogP contribution >= 0.6 is 11.3 Å². The molecule has 14 heavy (non-hydrogen) atoms. The average Bonchev–Trinajstić information content (AvgIpc) is 2.49. The number of thiazole rings is 1. The summed E-state index contributed by atoms with van der Waals surface area (Å²) in [5.74, 6) is 0. The summed E-state index contributed by atoms with van der Waals surface area (Å²) in [5.41, 5.74) is 2.17. The molecule has 0 aliphatic carbocycles. The van der Waals surface area contributed by atoms with Gasteiger partial charge in [-0.25, -0.2) is 0 Å². The van der Waals surface area contributed by atoms with Crippen molar-refractivity contribution in [2.45, 2.75) is 13.8 Å². The molecule has 70 valence electrons. The Hall–Kier alpha value is -1.60. The monoisotopic (exact) mass is 204 g/mol. The smallest absolute Gasteiger partial charge is 0.256 e. The fraction of sp³-hybridized carbons (Fsp3) is 0.200. The Morgan fingerprint density at radius 2 is 2.21 bits per heavy atom. The number of aromatic nitrogens is 1. The molecule has 0 radical (unpaired) electrons. The Balaban J connectivity index is 3.10. The first-order valence-corrected chi connectivity index (χ1v) is 5.03. The molecule has 0 saturated heterocycles. The number of rotatable bonds is 0. The molecule has 0 aliphatic rings. The van der Waals surface area contributed by atoms with Crippen LogP contribution in [-0.2, 0) is 0 Å². The van der Waals surface area contributed by atoms with E-state index in [1.165, 1.54) is 17.4 Å². The van der Waals surface area contributed by atoms with Crippen molar-refractivity contribution in [2.75, 3.05) is 0 Å². The number of aryl methyl sites for hydroxylation is 2. The number of nitrogens with zero attached hydrogens (tertiary/aromatic N) is 2. The van der Waals surface area contributed by atoms with Crippen molar-refractivity contribution < 1.29 is 0 Å². The van der Waals surface area contributed by atoms with Crippen molar-refractivity contribution in [3.05, 3.63) is 38.6 Å². The van der Waals surface area contributed by atoms with Gasteiger partial charge in [0, 0.05) is 17.1 Å². The van der Waals surface area contributed by atoms with Crippen molar-refractivity contribution in [3.8, 4) is 6.07 Å². The highest BCUT2D eigenvalue weighted by Gasteiger charge is 2.09. The van der Waals surface area contributed by atoms with Gasteiger partial charge in [0.25, 0.3) is 5.56 Å². The number of pyridine rings is 1. The molecule has 0 N–H and O–H groups in total. The van der Waals surface area contributed by atoms with Crippen molar-refractivity contribution in [2.24, 2.45) is 0 Å². The second-order valence-corrected chi connectivity index (χ2v) is 4.03. The van der Waals surface area contributed by atoms with Gasteiger partial charge in [-0.1, -0.05) is 0 Å². The number of hydrogen-bond acceptors (Lipinski definition) is 3. The van der Waals surface area contributed by atoms with Gasteiger partial charge in [-0.2, -0.15) is 5.26 Å². The lowest BCUT2D eigenvalue weighted by atomic mass is 10.2. The van der Waals surface area contributed by atoms with Crippen LogP contribution in [0.4, 0.5) is 0 Å². The predicted octanol–water partition coefficient (Wildman–Crippen LogP) is 1.85. The van der Waals surface area contributed by atoms with Gasteiger partial charge in [-0.05, 0) is 19.4 Å². The van der Waals surface area contributed by atoms with Crippen LogP contribution in [0.15, 0.2) is 16.2 Å². The number of hydrogen-bond donors (Lipinski definition) is 0. The van der Waals surface area contributed by atoms with E-state index in [1.54, 1.807) is 11.3 Å². The maximum Gasteiger partial charge on any atom is 0.256 e. The minimum absolute atomic E-state index is 0.0600. The highest BCUT2D eigenvalue weighted by atomic mass is 32.1. The summed E-state index contributed by atoms with van der Waals surface area (Å²) in [6, 6.07) is 3.63. The van der Waals surface area contributed by atoms with Crippen LogP contribution in [0.2, 0.25) is 0 Å². The third kappa shape index (κ3) is 1.06. The molecule has 2 aromatic rings. The summed E-state index contributed by atoms with van der Waals surface area (Å²) in [6.07, 6.45) is 0. The van der Waals surface area contributed by atoms with E-state index >= 15 is 0 Å². The van der Waals surface area contributed by atoms with Gasteiger partial charge in [0.2, 0.25) is 0 Å². The summed E-state index contributed by atoms with van der Waals surface area (Å²) in [6.45, 7) is 3.65. The Bertz CT molecular complexity index is 601. The minimum atomic E-state index is -0.0600. The zero-order valence-electron chi connectivity index (χ0n) is 7.87. The first-order chi connectivity index (χ1) is 6.65. The second-order valence-electron chi connectivity index (χ2n) is 3.17. The van der Waals surface area contributed by atoms with E-state index in [1.807, 2.05) is 12.3 Å². The van der Waals surface area contributed by atoms with Gasteiger partial charge in [0.05, 0.1) is 5.56 Å². The van der Waals surface area contributed by atoms with Crippen LogP contribution in [0.25, 0.3) is 4.83 Å². The van der Waals surface area contributed by atoms with Gasteiger partial charge in [0.1, 0.15) is 10.9 Å². The van der Waals surface area contributed by atoms with Crippen LogP contribution in [0.3, 0.4) is 0 Å². The Morgan fingerprint density at radius 1 is 1.50 bits per heavy atom. The highest BCUT2D eigenvalue weighted by molar-refractivity contribution is 7.15. The first-order valence-electron chi connectivity index (χ1n) is 4.15. The molecule has 0 spiro atoms. The number of fused-ring (bicyclic) bond motifs is 1.